The lowest BCUT2D eigenvalue weighted by Crippen LogP contribution is -2.29. The van der Waals surface area contributed by atoms with E-state index in [0.717, 1.165) is 23.1 Å². The summed E-state index contributed by atoms with van der Waals surface area (Å²) < 4.78 is 43.4. The topological polar surface area (TPSA) is 9.23 Å². The van der Waals surface area contributed by atoms with Gasteiger partial charge < -0.3 is 4.74 Å². The third-order valence-electron chi connectivity index (χ3n) is 6.51. The highest BCUT2D eigenvalue weighted by Crippen LogP contribution is 2.47. The molecule has 4 heteroatoms. The van der Waals surface area contributed by atoms with E-state index in [2.05, 4.69) is 11.7 Å². The average molecular weight is 362 g/mol. The van der Waals surface area contributed by atoms with Crippen molar-refractivity contribution in [3.8, 4) is 5.75 Å². The van der Waals surface area contributed by atoms with Gasteiger partial charge in [-0.2, -0.15) is 8.78 Å². The first-order valence-electron chi connectivity index (χ1n) is 9.68. The van der Waals surface area contributed by atoms with E-state index in [4.69, 9.17) is 0 Å². The van der Waals surface area contributed by atoms with E-state index >= 15 is 0 Å². The van der Waals surface area contributed by atoms with Gasteiger partial charge in [-0.25, -0.2) is 4.39 Å². The van der Waals surface area contributed by atoms with Crippen LogP contribution in [0.3, 0.4) is 0 Å². The second-order valence-corrected chi connectivity index (χ2v) is 8.19. The largest absolute Gasteiger partial charge is 0.432 e. The highest BCUT2D eigenvalue weighted by atomic mass is 19.3. The molecule has 0 heterocycles. The maximum atomic E-state index is 14.4. The predicted molar refractivity (Wildman–Crippen MR) is 97.1 cm³/mol. The van der Waals surface area contributed by atoms with Gasteiger partial charge in [0.15, 0.2) is 11.6 Å². The smallest absolute Gasteiger partial charge is 0.387 e. The van der Waals surface area contributed by atoms with Crippen molar-refractivity contribution >= 4 is 10.8 Å². The zero-order valence-electron chi connectivity index (χ0n) is 15.1. The quantitative estimate of drug-likeness (QED) is 0.577. The van der Waals surface area contributed by atoms with Gasteiger partial charge >= 0.3 is 6.61 Å². The molecule has 1 nitrogen and oxygen atoms in total. The van der Waals surface area contributed by atoms with Crippen LogP contribution >= 0.6 is 0 Å². The van der Waals surface area contributed by atoms with Crippen molar-refractivity contribution in [2.24, 2.45) is 17.8 Å². The summed E-state index contributed by atoms with van der Waals surface area (Å²) >= 11 is 0. The summed E-state index contributed by atoms with van der Waals surface area (Å²) in [5, 5.41) is 1.09. The van der Waals surface area contributed by atoms with Gasteiger partial charge in [0, 0.05) is 5.39 Å². The molecule has 26 heavy (non-hydrogen) atoms. The number of hydrogen-bond acceptors (Lipinski definition) is 1. The summed E-state index contributed by atoms with van der Waals surface area (Å²) in [5.41, 5.74) is 1.25. The fourth-order valence-corrected chi connectivity index (χ4v) is 5.16. The third kappa shape index (κ3) is 3.43. The Kier molecular flexibility index (Phi) is 4.85. The zero-order chi connectivity index (χ0) is 18.3. The maximum absolute atomic E-state index is 14.4. The Bertz CT molecular complexity index is 788. The van der Waals surface area contributed by atoms with Crippen LogP contribution in [0.2, 0.25) is 0 Å². The third-order valence-corrected chi connectivity index (χ3v) is 6.51. The molecule has 0 spiro atoms. The molecule has 0 bridgehead atoms. The first-order chi connectivity index (χ1) is 12.5. The molecule has 2 aromatic carbocycles. The van der Waals surface area contributed by atoms with Crippen LogP contribution in [0.5, 0.6) is 5.75 Å². The van der Waals surface area contributed by atoms with E-state index in [9.17, 15) is 13.2 Å². The number of hydrogen-bond donors (Lipinski definition) is 0. The van der Waals surface area contributed by atoms with Gasteiger partial charge in [0.05, 0.1) is 0 Å². The summed E-state index contributed by atoms with van der Waals surface area (Å²) in [4.78, 5) is 0. The van der Waals surface area contributed by atoms with Crippen LogP contribution < -0.4 is 4.74 Å². The molecule has 2 saturated carbocycles. The normalized spacial score (nSPS) is 29.0. The zero-order valence-corrected chi connectivity index (χ0v) is 15.1. The van der Waals surface area contributed by atoms with Gasteiger partial charge in [-0.3, -0.25) is 0 Å². The van der Waals surface area contributed by atoms with Gasteiger partial charge in [-0.15, -0.1) is 0 Å². The fraction of sp³-hybridized carbons (Fsp3) is 0.545. The van der Waals surface area contributed by atoms with Crippen LogP contribution in [0.1, 0.15) is 56.9 Å². The summed E-state index contributed by atoms with van der Waals surface area (Å²) in [7, 11) is 0. The molecule has 2 fully saturated rings. The van der Waals surface area contributed by atoms with Crippen LogP contribution in [-0.4, -0.2) is 6.61 Å². The molecule has 2 aliphatic rings. The Morgan fingerprint density at radius 3 is 2.54 bits per heavy atom. The molecule has 0 saturated heterocycles. The highest BCUT2D eigenvalue weighted by molar-refractivity contribution is 5.85. The van der Waals surface area contributed by atoms with E-state index in [1.165, 1.54) is 50.2 Å². The summed E-state index contributed by atoms with van der Waals surface area (Å²) in [6, 6.07) is 8.68. The molecule has 0 aromatic heterocycles. The van der Waals surface area contributed by atoms with E-state index in [0.29, 0.717) is 11.3 Å². The number of rotatable bonds is 3. The molecule has 4 atom stereocenters. The molecular weight excluding hydrogens is 337 g/mol. The van der Waals surface area contributed by atoms with Gasteiger partial charge in [0.2, 0.25) is 0 Å². The molecule has 0 aliphatic heterocycles. The minimum Gasteiger partial charge on any atom is -0.432 e. The van der Waals surface area contributed by atoms with Gasteiger partial charge in [0.25, 0.3) is 0 Å². The minimum absolute atomic E-state index is 0.340. The van der Waals surface area contributed by atoms with Crippen LogP contribution in [-0.2, 0) is 0 Å². The average Bonchev–Trinajstić information content (AvgIpc) is 2.63. The molecule has 0 radical (unpaired) electrons. The van der Waals surface area contributed by atoms with Crippen molar-refractivity contribution in [2.75, 3.05) is 0 Å². The SMILES string of the molecule is C[C@@H]1CC[C@@H]2CC(c3ccc4c(F)c(OC(F)F)ccc4c3)CCC2C1. The maximum Gasteiger partial charge on any atom is 0.387 e. The summed E-state index contributed by atoms with van der Waals surface area (Å²) in [6.07, 6.45) is 7.73. The predicted octanol–water partition coefficient (Wildman–Crippen LogP) is 6.90. The lowest BCUT2D eigenvalue weighted by molar-refractivity contribution is -0.0520. The van der Waals surface area contributed by atoms with Crippen molar-refractivity contribution in [1.29, 1.82) is 0 Å². The fourth-order valence-electron chi connectivity index (χ4n) is 5.16. The van der Waals surface area contributed by atoms with Gasteiger partial charge in [-0.05, 0) is 72.8 Å². The molecule has 4 rings (SSSR count). The monoisotopic (exact) mass is 362 g/mol. The standard InChI is InChI=1S/C22H25F3O/c1-13-2-3-15-11-16(5-4-14(15)10-13)17-6-8-19-18(12-17)7-9-20(21(19)23)26-22(24)25/h6-9,12-16,22H,2-5,10-11H2,1H3/t13-,14?,15-,16?/m1/s1. The van der Waals surface area contributed by atoms with Crippen LogP contribution in [0, 0.1) is 23.6 Å². The van der Waals surface area contributed by atoms with Crippen molar-refractivity contribution in [3.63, 3.8) is 0 Å². The van der Waals surface area contributed by atoms with E-state index in [-0.39, 0.29) is 0 Å². The van der Waals surface area contributed by atoms with Crippen LogP contribution in [0.4, 0.5) is 13.2 Å². The molecule has 140 valence electrons. The number of benzene rings is 2. The first kappa shape index (κ1) is 17.7. The highest BCUT2D eigenvalue weighted by Gasteiger charge is 2.34. The minimum atomic E-state index is -3.02. The Morgan fingerprint density at radius 1 is 0.962 bits per heavy atom. The van der Waals surface area contributed by atoms with Gasteiger partial charge in [-0.1, -0.05) is 37.6 Å². The lowest BCUT2D eigenvalue weighted by atomic mass is 9.64. The van der Waals surface area contributed by atoms with Crippen LogP contribution in [0.25, 0.3) is 10.8 Å². The molecule has 0 amide bonds. The Morgan fingerprint density at radius 2 is 1.73 bits per heavy atom. The number of alkyl halides is 2. The second kappa shape index (κ2) is 7.13. The molecule has 2 aromatic rings. The number of ether oxygens (including phenoxy) is 1. The number of halogens is 3. The Labute approximate surface area is 152 Å². The molecule has 0 N–H and O–H groups in total. The first-order valence-corrected chi connectivity index (χ1v) is 9.68. The molecular formula is C22H25F3O. The van der Waals surface area contributed by atoms with Crippen molar-refractivity contribution in [1.82, 2.24) is 0 Å². The van der Waals surface area contributed by atoms with E-state index in [1.54, 1.807) is 12.1 Å². The lowest BCUT2D eigenvalue weighted by Gasteiger charge is -2.41. The Balaban J connectivity index is 1.56. The number of fused-ring (bicyclic) bond motifs is 2. The second-order valence-electron chi connectivity index (χ2n) is 8.19. The van der Waals surface area contributed by atoms with Gasteiger partial charge in [0.1, 0.15) is 0 Å². The van der Waals surface area contributed by atoms with Crippen molar-refractivity contribution in [3.05, 3.63) is 41.7 Å². The Hall–Kier alpha value is -1.71. The molecule has 2 unspecified atom stereocenters. The van der Waals surface area contributed by atoms with E-state index in [1.807, 2.05) is 12.1 Å². The van der Waals surface area contributed by atoms with E-state index < -0.39 is 18.2 Å². The summed E-state index contributed by atoms with van der Waals surface area (Å²) in [6.45, 7) is -0.652. The van der Waals surface area contributed by atoms with Crippen molar-refractivity contribution in [2.45, 2.75) is 58.0 Å². The molecule has 2 aliphatic carbocycles. The summed E-state index contributed by atoms with van der Waals surface area (Å²) in [5.74, 6) is 1.98. The van der Waals surface area contributed by atoms with Crippen LogP contribution in [0.15, 0.2) is 30.3 Å². The van der Waals surface area contributed by atoms with Crippen molar-refractivity contribution < 1.29 is 17.9 Å².